The highest BCUT2D eigenvalue weighted by molar-refractivity contribution is 8.20. The summed E-state index contributed by atoms with van der Waals surface area (Å²) in [6, 6.07) is 0. The summed E-state index contributed by atoms with van der Waals surface area (Å²) in [7, 11) is 3.70. The van der Waals surface area contributed by atoms with Crippen LogP contribution in [0, 0.1) is 0 Å². The zero-order valence-electron chi connectivity index (χ0n) is 7.37. The molecule has 0 aromatic rings. The van der Waals surface area contributed by atoms with Crippen LogP contribution in [0.1, 0.15) is 13.8 Å². The topological polar surface area (TPSA) is 46.2 Å². The molecule has 0 radical (unpaired) electrons. The minimum Gasteiger partial charge on any atom is -0.168 e. The maximum atomic E-state index is 11.5. The third-order valence-corrected chi connectivity index (χ3v) is 6.01. The second kappa shape index (κ2) is 4.66. The second-order valence-corrected chi connectivity index (χ2v) is 6.01. The van der Waals surface area contributed by atoms with E-state index in [1.165, 1.54) is 0 Å². The Morgan fingerprint density at radius 1 is 1.50 bits per heavy atom. The van der Waals surface area contributed by atoms with Gasteiger partial charge in [-0.1, -0.05) is 6.92 Å². The van der Waals surface area contributed by atoms with Crippen molar-refractivity contribution >= 4 is 32.1 Å². The van der Waals surface area contributed by atoms with Crippen molar-refractivity contribution in [3.8, 4) is 0 Å². The van der Waals surface area contributed by atoms with E-state index in [2.05, 4.69) is 4.72 Å². The van der Waals surface area contributed by atoms with Gasteiger partial charge in [-0.25, -0.2) is 0 Å². The summed E-state index contributed by atoms with van der Waals surface area (Å²) in [5.41, 5.74) is 0. The van der Waals surface area contributed by atoms with Gasteiger partial charge in [-0.2, -0.15) is 13.1 Å². The Labute approximate surface area is 82.7 Å². The van der Waals surface area contributed by atoms with Crippen LogP contribution in [0.5, 0.6) is 0 Å². The van der Waals surface area contributed by atoms with E-state index >= 15 is 0 Å². The van der Waals surface area contributed by atoms with Crippen molar-refractivity contribution < 1.29 is 11.7 Å². The monoisotopic (exact) mass is 233 g/mol. The largest absolute Gasteiger partial charge is 0.381 e. The first kappa shape index (κ1) is 12.5. The summed E-state index contributed by atoms with van der Waals surface area (Å²) in [5, 5.41) is 0. The normalized spacial score (nSPS) is 17.3. The molecular weight excluding hydrogens is 220 g/mol. The van der Waals surface area contributed by atoms with Crippen molar-refractivity contribution in [3.63, 3.8) is 0 Å². The van der Waals surface area contributed by atoms with Crippen LogP contribution in [0.3, 0.4) is 0 Å². The van der Waals surface area contributed by atoms with Crippen molar-refractivity contribution in [1.82, 2.24) is 4.72 Å². The summed E-state index contributed by atoms with van der Waals surface area (Å²) in [4.78, 5) is 0. The molecule has 4 nitrogen and oxygen atoms in total. The van der Waals surface area contributed by atoms with E-state index in [0.717, 1.165) is 11.2 Å². The van der Waals surface area contributed by atoms with Crippen molar-refractivity contribution in [2.45, 2.75) is 13.8 Å². The van der Waals surface area contributed by atoms with Gasteiger partial charge in [0.15, 0.2) is 0 Å². The lowest BCUT2D eigenvalue weighted by Gasteiger charge is -2.25. The van der Waals surface area contributed by atoms with Crippen LogP contribution < -0.4 is 4.72 Å². The summed E-state index contributed by atoms with van der Waals surface area (Å²) in [5.74, 6) is 0. The van der Waals surface area contributed by atoms with E-state index in [4.69, 9.17) is 10.7 Å². The van der Waals surface area contributed by atoms with E-state index in [0.29, 0.717) is 13.1 Å². The molecule has 0 aliphatic rings. The molecule has 1 N–H and O–H groups in total. The van der Waals surface area contributed by atoms with Gasteiger partial charge in [0.25, 0.3) is 0 Å². The number of halogens is 1. The number of rotatable bonds is 5. The minimum absolute atomic E-state index is 0.262. The predicted molar refractivity (Wildman–Crippen MR) is 52.8 cm³/mol. The molecule has 1 unspecified atom stereocenters. The van der Waals surface area contributed by atoms with E-state index in [-0.39, 0.29) is 3.29 Å². The highest BCUT2D eigenvalue weighted by atomic mass is 35.7. The van der Waals surface area contributed by atoms with Gasteiger partial charge in [-0.05, 0) is 6.92 Å². The molecule has 0 fully saturated rings. The Balaban J connectivity index is 4.72. The van der Waals surface area contributed by atoms with Crippen molar-refractivity contribution in [2.75, 3.05) is 20.1 Å². The lowest BCUT2D eigenvalue weighted by molar-refractivity contribution is -0.630. The molecule has 0 rings (SSSR count). The minimum atomic E-state index is -3.35. The zero-order chi connectivity index (χ0) is 9.83. The number of hydrogen-bond acceptors (Lipinski definition) is 3. The Morgan fingerprint density at radius 2 is 2.00 bits per heavy atom. The molecule has 0 aromatic heterocycles. The molecule has 0 aliphatic heterocycles. The first-order valence-electron chi connectivity index (χ1n) is 3.59. The van der Waals surface area contributed by atoms with Crippen molar-refractivity contribution in [3.05, 3.63) is 0 Å². The van der Waals surface area contributed by atoms with E-state index < -0.39 is 10.2 Å². The number of nitrogens with zero attached hydrogens (tertiary/aromatic N) is 1. The maximum Gasteiger partial charge on any atom is 0.381 e. The van der Waals surface area contributed by atoms with Gasteiger partial charge in [0.05, 0.1) is 7.05 Å². The quantitative estimate of drug-likeness (QED) is 0.572. The van der Waals surface area contributed by atoms with E-state index in [1.54, 1.807) is 20.9 Å². The highest BCUT2D eigenvalue weighted by Gasteiger charge is 2.36. The fraction of sp³-hybridized carbons (Fsp3) is 1.00. The number of hydrogen-bond donors (Lipinski definition) is 1. The molecular formula is C5H14ClN2O2S2+. The standard InChI is InChI=1S/C5H14ClN2O2S2/c1-4-7-12(9,10)8(3,5-2)11-6/h7H,4-5H2,1-3H3/q+1. The number of nitrogens with one attached hydrogen (secondary N) is 1. The third-order valence-electron chi connectivity index (χ3n) is 1.56. The van der Waals surface area contributed by atoms with Gasteiger partial charge in [0, 0.05) is 17.2 Å². The van der Waals surface area contributed by atoms with Crippen LogP contribution in [-0.4, -0.2) is 31.8 Å². The van der Waals surface area contributed by atoms with Gasteiger partial charge < -0.3 is 0 Å². The molecule has 7 heteroatoms. The fourth-order valence-corrected chi connectivity index (χ4v) is 3.07. The first-order valence-corrected chi connectivity index (χ1v) is 6.63. The molecule has 0 aliphatic carbocycles. The summed E-state index contributed by atoms with van der Waals surface area (Å²) in [6.45, 7) is 4.30. The SMILES string of the molecule is CCNS(=O)(=O)[N+](C)(CC)SCl. The molecule has 74 valence electrons. The molecule has 0 saturated carbocycles. The molecule has 0 amide bonds. The Hall–Kier alpha value is 0.510. The average Bonchev–Trinajstić information content (AvgIpc) is 2.02. The first-order chi connectivity index (χ1) is 5.43. The van der Waals surface area contributed by atoms with E-state index in [9.17, 15) is 8.42 Å². The number of quaternary nitrogens is 1. The molecule has 0 aromatic carbocycles. The van der Waals surface area contributed by atoms with Crippen LogP contribution in [0.15, 0.2) is 0 Å². The summed E-state index contributed by atoms with van der Waals surface area (Å²) >= 11 is 0.778. The molecule has 0 bridgehead atoms. The highest BCUT2D eigenvalue weighted by Crippen LogP contribution is 2.27. The van der Waals surface area contributed by atoms with Crippen LogP contribution in [0.25, 0.3) is 0 Å². The van der Waals surface area contributed by atoms with Gasteiger partial charge in [-0.3, -0.25) is 0 Å². The Morgan fingerprint density at radius 3 is 2.25 bits per heavy atom. The lowest BCUT2D eigenvalue weighted by atomic mass is 10.8. The predicted octanol–water partition coefficient (Wildman–Crippen LogP) is 1.11. The molecule has 12 heavy (non-hydrogen) atoms. The third kappa shape index (κ3) is 2.50. The average molecular weight is 234 g/mol. The van der Waals surface area contributed by atoms with Crippen LogP contribution in [0.4, 0.5) is 0 Å². The Kier molecular flexibility index (Phi) is 4.86. The van der Waals surface area contributed by atoms with Crippen molar-refractivity contribution in [1.29, 1.82) is 0 Å². The summed E-state index contributed by atoms with van der Waals surface area (Å²) in [6.07, 6.45) is 0. The molecule has 0 spiro atoms. The Bertz CT molecular complexity index is 226. The fourth-order valence-electron chi connectivity index (χ4n) is 0.575. The second-order valence-electron chi connectivity index (χ2n) is 2.37. The van der Waals surface area contributed by atoms with Crippen LogP contribution >= 0.6 is 21.8 Å². The van der Waals surface area contributed by atoms with E-state index in [1.807, 2.05) is 0 Å². The van der Waals surface area contributed by atoms with Gasteiger partial charge in [0.1, 0.15) is 6.54 Å². The summed E-state index contributed by atoms with van der Waals surface area (Å²) < 4.78 is 25.1. The molecule has 1 atom stereocenters. The van der Waals surface area contributed by atoms with Gasteiger partial charge >= 0.3 is 10.2 Å². The van der Waals surface area contributed by atoms with Gasteiger partial charge in [-0.15, -0.1) is 3.29 Å². The maximum absolute atomic E-state index is 11.5. The lowest BCUT2D eigenvalue weighted by Crippen LogP contribution is -2.48. The smallest absolute Gasteiger partial charge is 0.168 e. The van der Waals surface area contributed by atoms with Crippen molar-refractivity contribution in [2.24, 2.45) is 0 Å². The molecule has 0 saturated heterocycles. The van der Waals surface area contributed by atoms with Crippen LogP contribution in [-0.2, 0) is 10.2 Å². The van der Waals surface area contributed by atoms with Crippen LogP contribution in [0.2, 0.25) is 0 Å². The molecule has 0 heterocycles. The van der Waals surface area contributed by atoms with Gasteiger partial charge in [0.2, 0.25) is 11.2 Å². The zero-order valence-corrected chi connectivity index (χ0v) is 9.76.